The number of aliphatic hydroxyl groups is 1. The Kier molecular flexibility index (Phi) is 2.09. The largest absolute Gasteiger partial charge is 0.488 e. The molecule has 1 rings (SSSR count). The molecule has 0 aromatic heterocycles. The summed E-state index contributed by atoms with van der Waals surface area (Å²) < 4.78 is 35.8. The molecule has 0 aliphatic heterocycles. The highest BCUT2D eigenvalue weighted by atomic mass is 19.4. The highest BCUT2D eigenvalue weighted by Crippen LogP contribution is 2.30. The summed E-state index contributed by atoms with van der Waals surface area (Å²) in [6.07, 6.45) is 3.37. The van der Waals surface area contributed by atoms with Gasteiger partial charge in [0.2, 0.25) is 0 Å². The van der Waals surface area contributed by atoms with E-state index in [1.165, 1.54) is 0 Å². The number of aliphatic hydroxyl groups excluding tert-OH is 1. The van der Waals surface area contributed by atoms with Crippen LogP contribution >= 0.6 is 0 Å². The summed E-state index contributed by atoms with van der Waals surface area (Å²) in [5.41, 5.74) is 0. The Morgan fingerprint density at radius 2 is 1.45 bits per heavy atom. The van der Waals surface area contributed by atoms with E-state index in [-0.39, 0.29) is 0 Å². The molecule has 0 aromatic rings. The molecular formula is C6H7BF3O-. The summed E-state index contributed by atoms with van der Waals surface area (Å²) in [6.45, 7) is -4.83. The molecule has 0 spiro atoms. The molecule has 0 fully saturated rings. The maximum absolute atomic E-state index is 11.9. The molecule has 1 N–H and O–H groups in total. The second-order valence-electron chi connectivity index (χ2n) is 2.46. The Morgan fingerprint density at radius 3 is 1.82 bits per heavy atom. The van der Waals surface area contributed by atoms with Gasteiger partial charge in [-0.1, -0.05) is 12.2 Å². The van der Waals surface area contributed by atoms with E-state index in [9.17, 15) is 12.9 Å². The van der Waals surface area contributed by atoms with Crippen LogP contribution in [0.5, 0.6) is 0 Å². The van der Waals surface area contributed by atoms with Crippen LogP contribution in [0, 0.1) is 0 Å². The molecule has 5 heteroatoms. The Morgan fingerprint density at radius 1 is 1.00 bits per heavy atom. The Labute approximate surface area is 62.3 Å². The van der Waals surface area contributed by atoms with E-state index in [1.54, 1.807) is 0 Å². The average molecular weight is 163 g/mol. The molecular weight excluding hydrogens is 156 g/mol. The number of hydrogen-bond donors (Lipinski definition) is 1. The van der Waals surface area contributed by atoms with Gasteiger partial charge in [0.05, 0.1) is 6.10 Å². The smallest absolute Gasteiger partial charge is 0.448 e. The third-order valence-corrected chi connectivity index (χ3v) is 1.50. The molecule has 0 radical (unpaired) electrons. The van der Waals surface area contributed by atoms with Gasteiger partial charge in [-0.2, -0.15) is 0 Å². The zero-order valence-electron chi connectivity index (χ0n) is 5.62. The average Bonchev–Trinajstić information content (AvgIpc) is 1.86. The Bertz CT molecular complexity index is 182. The minimum Gasteiger partial charge on any atom is -0.448 e. The third-order valence-electron chi connectivity index (χ3n) is 1.50. The first-order valence-corrected chi connectivity index (χ1v) is 3.25. The molecule has 1 nitrogen and oxygen atoms in total. The molecule has 0 heterocycles. The van der Waals surface area contributed by atoms with Gasteiger partial charge in [0.1, 0.15) is 0 Å². The SMILES string of the molecule is OC1C=CC([B-](F)(F)F)C=C1. The van der Waals surface area contributed by atoms with Crippen LogP contribution in [-0.4, -0.2) is 18.2 Å². The fourth-order valence-corrected chi connectivity index (χ4v) is 0.865. The van der Waals surface area contributed by atoms with Gasteiger partial charge in [0.25, 0.3) is 0 Å². The van der Waals surface area contributed by atoms with Gasteiger partial charge >= 0.3 is 6.98 Å². The zero-order valence-corrected chi connectivity index (χ0v) is 5.62. The van der Waals surface area contributed by atoms with E-state index >= 15 is 0 Å². The van der Waals surface area contributed by atoms with Crippen molar-refractivity contribution in [1.29, 1.82) is 0 Å². The van der Waals surface area contributed by atoms with Crippen molar-refractivity contribution in [1.82, 2.24) is 0 Å². The van der Waals surface area contributed by atoms with E-state index in [4.69, 9.17) is 5.11 Å². The maximum Gasteiger partial charge on any atom is 0.488 e. The fourth-order valence-electron chi connectivity index (χ4n) is 0.865. The van der Waals surface area contributed by atoms with Crippen LogP contribution in [0.15, 0.2) is 24.3 Å². The molecule has 0 saturated carbocycles. The van der Waals surface area contributed by atoms with Gasteiger partial charge < -0.3 is 18.1 Å². The third kappa shape index (κ3) is 2.11. The number of hydrogen-bond acceptors (Lipinski definition) is 1. The minimum atomic E-state index is -4.83. The lowest BCUT2D eigenvalue weighted by molar-refractivity contribution is 0.269. The second kappa shape index (κ2) is 2.73. The summed E-state index contributed by atoms with van der Waals surface area (Å²) >= 11 is 0. The van der Waals surface area contributed by atoms with Gasteiger partial charge in [-0.3, -0.25) is 0 Å². The van der Waals surface area contributed by atoms with Crippen LogP contribution in [0.4, 0.5) is 12.9 Å². The predicted molar refractivity (Wildman–Crippen MR) is 37.1 cm³/mol. The minimum absolute atomic E-state index is 0.857. The van der Waals surface area contributed by atoms with Crippen molar-refractivity contribution in [2.75, 3.05) is 0 Å². The molecule has 0 atom stereocenters. The van der Waals surface area contributed by atoms with Crippen LogP contribution in [0.2, 0.25) is 5.82 Å². The number of rotatable bonds is 1. The van der Waals surface area contributed by atoms with Crippen molar-refractivity contribution in [3.63, 3.8) is 0 Å². The van der Waals surface area contributed by atoms with Crippen LogP contribution in [0.25, 0.3) is 0 Å². The highest BCUT2D eigenvalue weighted by molar-refractivity contribution is 6.61. The van der Waals surface area contributed by atoms with Crippen molar-refractivity contribution in [2.45, 2.75) is 11.9 Å². The van der Waals surface area contributed by atoms with Crippen LogP contribution < -0.4 is 0 Å². The van der Waals surface area contributed by atoms with Gasteiger partial charge in [-0.25, -0.2) is 0 Å². The highest BCUT2D eigenvalue weighted by Gasteiger charge is 2.32. The van der Waals surface area contributed by atoms with Crippen molar-refractivity contribution < 1.29 is 18.1 Å². The van der Waals surface area contributed by atoms with Gasteiger partial charge in [-0.05, 0) is 5.82 Å². The molecule has 0 bridgehead atoms. The van der Waals surface area contributed by atoms with Crippen LogP contribution in [0.1, 0.15) is 0 Å². The summed E-state index contributed by atoms with van der Waals surface area (Å²) in [5.74, 6) is -1.47. The Balaban J connectivity index is 2.66. The molecule has 1 aliphatic carbocycles. The number of halogens is 3. The maximum atomic E-state index is 11.9. The monoisotopic (exact) mass is 163 g/mol. The van der Waals surface area contributed by atoms with Gasteiger partial charge in [0, 0.05) is 0 Å². The standard InChI is InChI=1S/C6H7BF3O/c8-7(9,10)5-1-3-6(11)4-2-5/h1-6,11H/q-1. The summed E-state index contributed by atoms with van der Waals surface area (Å²) in [4.78, 5) is 0. The van der Waals surface area contributed by atoms with Crippen LogP contribution in [0.3, 0.4) is 0 Å². The first-order valence-electron chi connectivity index (χ1n) is 3.25. The molecule has 11 heavy (non-hydrogen) atoms. The lowest BCUT2D eigenvalue weighted by atomic mass is 9.71. The fraction of sp³-hybridized carbons (Fsp3) is 0.333. The van der Waals surface area contributed by atoms with E-state index in [1.807, 2.05) is 0 Å². The second-order valence-corrected chi connectivity index (χ2v) is 2.46. The van der Waals surface area contributed by atoms with E-state index in [0.717, 1.165) is 24.3 Å². The lowest BCUT2D eigenvalue weighted by Gasteiger charge is -2.23. The predicted octanol–water partition coefficient (Wildman–Crippen LogP) is 1.69. The van der Waals surface area contributed by atoms with Crippen molar-refractivity contribution in [3.8, 4) is 0 Å². The van der Waals surface area contributed by atoms with Crippen molar-refractivity contribution in [2.24, 2.45) is 0 Å². The molecule has 62 valence electrons. The summed E-state index contributed by atoms with van der Waals surface area (Å²) in [6, 6.07) is 0. The van der Waals surface area contributed by atoms with E-state index < -0.39 is 18.9 Å². The topological polar surface area (TPSA) is 20.2 Å². The van der Waals surface area contributed by atoms with Crippen LogP contribution in [-0.2, 0) is 0 Å². The molecule has 0 saturated heterocycles. The quantitative estimate of drug-likeness (QED) is 0.460. The van der Waals surface area contributed by atoms with Gasteiger partial charge in [-0.15, -0.1) is 12.2 Å². The molecule has 0 unspecified atom stereocenters. The zero-order chi connectivity index (χ0) is 8.48. The molecule has 0 aromatic carbocycles. The first-order chi connectivity index (χ1) is 5.00. The van der Waals surface area contributed by atoms with Crippen molar-refractivity contribution >= 4 is 6.98 Å². The first kappa shape index (κ1) is 8.39. The molecule has 0 amide bonds. The normalized spacial score (nSPS) is 30.9. The lowest BCUT2D eigenvalue weighted by Crippen LogP contribution is -2.23. The van der Waals surface area contributed by atoms with Gasteiger partial charge in [0.15, 0.2) is 0 Å². The van der Waals surface area contributed by atoms with Crippen molar-refractivity contribution in [3.05, 3.63) is 24.3 Å². The van der Waals surface area contributed by atoms with E-state index in [0.29, 0.717) is 0 Å². The Hall–Kier alpha value is -0.705. The summed E-state index contributed by atoms with van der Waals surface area (Å²) in [7, 11) is 0. The number of allylic oxidation sites excluding steroid dienone is 2. The summed E-state index contributed by atoms with van der Waals surface area (Å²) in [5, 5.41) is 8.76. The molecule has 1 aliphatic rings. The van der Waals surface area contributed by atoms with E-state index in [2.05, 4.69) is 0 Å².